The number of hydrogen-bond acceptors (Lipinski definition) is 3. The number of aliphatic hydroxyl groups excluding tert-OH is 1. The maximum absolute atomic E-state index is 9.63. The van der Waals surface area contributed by atoms with Gasteiger partial charge in [0.15, 0.2) is 0 Å². The first-order valence-electron chi connectivity index (χ1n) is 6.03. The van der Waals surface area contributed by atoms with Gasteiger partial charge < -0.3 is 14.6 Å². The fourth-order valence-corrected chi connectivity index (χ4v) is 1.55. The summed E-state index contributed by atoms with van der Waals surface area (Å²) in [6.45, 7) is 8.79. The van der Waals surface area contributed by atoms with E-state index in [1.54, 1.807) is 6.92 Å². The van der Waals surface area contributed by atoms with Crippen molar-refractivity contribution in [2.45, 2.75) is 39.9 Å². The van der Waals surface area contributed by atoms with Gasteiger partial charge in [0, 0.05) is 5.56 Å². The summed E-state index contributed by atoms with van der Waals surface area (Å²) >= 11 is 0. The Morgan fingerprint density at radius 2 is 1.88 bits per heavy atom. The molecule has 0 saturated carbocycles. The first-order chi connectivity index (χ1) is 8.00. The Labute approximate surface area is 103 Å². The zero-order valence-corrected chi connectivity index (χ0v) is 11.1. The van der Waals surface area contributed by atoms with Crippen LogP contribution in [-0.4, -0.2) is 24.4 Å². The summed E-state index contributed by atoms with van der Waals surface area (Å²) < 4.78 is 11.1. The molecule has 0 heterocycles. The summed E-state index contributed by atoms with van der Waals surface area (Å²) in [7, 11) is 0. The predicted molar refractivity (Wildman–Crippen MR) is 68.4 cm³/mol. The Morgan fingerprint density at radius 3 is 2.47 bits per heavy atom. The molecular weight excluding hydrogens is 216 g/mol. The van der Waals surface area contributed by atoms with Crippen molar-refractivity contribution in [1.82, 2.24) is 0 Å². The van der Waals surface area contributed by atoms with E-state index in [9.17, 15) is 5.11 Å². The van der Waals surface area contributed by atoms with Crippen LogP contribution in [0.3, 0.4) is 0 Å². The molecule has 1 rings (SSSR count). The lowest BCUT2D eigenvalue weighted by atomic mass is 10.1. The van der Waals surface area contributed by atoms with Gasteiger partial charge in [0.05, 0.1) is 18.8 Å². The fourth-order valence-electron chi connectivity index (χ4n) is 1.55. The second kappa shape index (κ2) is 6.62. The van der Waals surface area contributed by atoms with E-state index in [2.05, 4.69) is 0 Å². The molecule has 0 radical (unpaired) electrons. The average Bonchev–Trinajstić information content (AvgIpc) is 2.23. The summed E-state index contributed by atoms with van der Waals surface area (Å²) in [6, 6.07) is 5.82. The van der Waals surface area contributed by atoms with Crippen molar-refractivity contribution in [1.29, 1.82) is 0 Å². The van der Waals surface area contributed by atoms with Gasteiger partial charge in [-0.15, -0.1) is 0 Å². The van der Waals surface area contributed by atoms with Gasteiger partial charge in [-0.05, 0) is 39.3 Å². The summed E-state index contributed by atoms with van der Waals surface area (Å²) in [6.07, 6.45) is -0.302. The monoisotopic (exact) mass is 238 g/mol. The van der Waals surface area contributed by atoms with E-state index in [-0.39, 0.29) is 6.10 Å². The molecule has 3 nitrogen and oxygen atoms in total. The minimum Gasteiger partial charge on any atom is -0.491 e. The van der Waals surface area contributed by atoms with Gasteiger partial charge in [-0.25, -0.2) is 0 Å². The summed E-state index contributed by atoms with van der Waals surface area (Å²) in [5.41, 5.74) is 1.94. The molecule has 1 N–H and O–H groups in total. The number of rotatable bonds is 6. The van der Waals surface area contributed by atoms with Gasteiger partial charge in [-0.2, -0.15) is 0 Å². The van der Waals surface area contributed by atoms with Crippen molar-refractivity contribution in [3.05, 3.63) is 29.3 Å². The zero-order valence-electron chi connectivity index (χ0n) is 11.1. The maximum Gasteiger partial charge on any atom is 0.125 e. The highest BCUT2D eigenvalue weighted by molar-refractivity contribution is 5.38. The van der Waals surface area contributed by atoms with Crippen molar-refractivity contribution in [2.75, 3.05) is 13.2 Å². The first kappa shape index (κ1) is 14.0. The normalized spacial score (nSPS) is 12.8. The lowest BCUT2D eigenvalue weighted by Gasteiger charge is -2.15. The second-order valence-electron chi connectivity index (χ2n) is 4.49. The predicted octanol–water partition coefficient (Wildman–Crippen LogP) is 2.85. The van der Waals surface area contributed by atoms with Gasteiger partial charge in [0.2, 0.25) is 0 Å². The lowest BCUT2D eigenvalue weighted by Crippen LogP contribution is -2.12. The van der Waals surface area contributed by atoms with E-state index in [0.717, 1.165) is 16.9 Å². The van der Waals surface area contributed by atoms with Crippen LogP contribution in [0.2, 0.25) is 0 Å². The highest BCUT2D eigenvalue weighted by Crippen LogP contribution is 2.26. The maximum atomic E-state index is 9.63. The fraction of sp³-hybridized carbons (Fsp3) is 0.571. The second-order valence-corrected chi connectivity index (χ2v) is 4.49. The van der Waals surface area contributed by atoms with Crippen molar-refractivity contribution in [2.24, 2.45) is 0 Å². The molecule has 0 aliphatic heterocycles. The minimum atomic E-state index is -0.517. The average molecular weight is 238 g/mol. The zero-order chi connectivity index (χ0) is 12.8. The van der Waals surface area contributed by atoms with Crippen LogP contribution in [-0.2, 0) is 4.74 Å². The molecule has 17 heavy (non-hydrogen) atoms. The Morgan fingerprint density at radius 1 is 1.18 bits per heavy atom. The molecule has 0 spiro atoms. The van der Waals surface area contributed by atoms with E-state index in [1.807, 2.05) is 39.0 Å². The van der Waals surface area contributed by atoms with Crippen molar-refractivity contribution in [3.8, 4) is 5.75 Å². The molecule has 1 aromatic carbocycles. The van der Waals surface area contributed by atoms with Gasteiger partial charge in [-0.3, -0.25) is 0 Å². The van der Waals surface area contributed by atoms with Crippen LogP contribution in [0.25, 0.3) is 0 Å². The molecule has 1 aromatic rings. The first-order valence-corrected chi connectivity index (χ1v) is 6.03. The number of aryl methyl sites for hydroxylation is 1. The summed E-state index contributed by atoms with van der Waals surface area (Å²) in [4.78, 5) is 0. The third kappa shape index (κ3) is 4.75. The molecule has 96 valence electrons. The molecule has 0 aliphatic carbocycles. The number of benzene rings is 1. The van der Waals surface area contributed by atoms with Gasteiger partial charge in [0.1, 0.15) is 12.4 Å². The molecule has 0 bridgehead atoms. The molecule has 1 atom stereocenters. The molecule has 0 unspecified atom stereocenters. The molecule has 0 aromatic heterocycles. The molecular formula is C14H22O3. The smallest absolute Gasteiger partial charge is 0.125 e. The SMILES string of the molecule is Cc1ccc([C@@H](C)O)c(OCCOC(C)C)c1. The third-order valence-electron chi connectivity index (χ3n) is 2.41. The lowest BCUT2D eigenvalue weighted by molar-refractivity contribution is 0.0543. The Kier molecular flexibility index (Phi) is 5.45. The highest BCUT2D eigenvalue weighted by Gasteiger charge is 2.09. The summed E-state index contributed by atoms with van der Waals surface area (Å²) in [5.74, 6) is 0.743. The van der Waals surface area contributed by atoms with E-state index in [1.165, 1.54) is 0 Å². The number of hydrogen-bond donors (Lipinski definition) is 1. The number of aliphatic hydroxyl groups is 1. The largest absolute Gasteiger partial charge is 0.491 e. The van der Waals surface area contributed by atoms with Gasteiger partial charge in [-0.1, -0.05) is 12.1 Å². The van der Waals surface area contributed by atoms with E-state index in [4.69, 9.17) is 9.47 Å². The van der Waals surface area contributed by atoms with E-state index < -0.39 is 6.10 Å². The van der Waals surface area contributed by atoms with E-state index >= 15 is 0 Å². The van der Waals surface area contributed by atoms with Crippen LogP contribution in [0.1, 0.15) is 38.0 Å². The van der Waals surface area contributed by atoms with Crippen LogP contribution in [0.15, 0.2) is 18.2 Å². The van der Waals surface area contributed by atoms with Crippen molar-refractivity contribution in [3.63, 3.8) is 0 Å². The molecule has 0 fully saturated rings. The summed E-state index contributed by atoms with van der Waals surface area (Å²) in [5, 5.41) is 9.63. The standard InChI is InChI=1S/C14H22O3/c1-10(2)16-7-8-17-14-9-11(3)5-6-13(14)12(4)15/h5-6,9-10,12,15H,7-8H2,1-4H3/t12-/m1/s1. The molecule has 0 amide bonds. The van der Waals surface area contributed by atoms with E-state index in [0.29, 0.717) is 13.2 Å². The molecule has 3 heteroatoms. The van der Waals surface area contributed by atoms with Crippen LogP contribution < -0.4 is 4.74 Å². The van der Waals surface area contributed by atoms with Crippen LogP contribution in [0, 0.1) is 6.92 Å². The van der Waals surface area contributed by atoms with Crippen LogP contribution in [0.5, 0.6) is 5.75 Å². The van der Waals surface area contributed by atoms with Crippen molar-refractivity contribution < 1.29 is 14.6 Å². The van der Waals surface area contributed by atoms with Crippen LogP contribution >= 0.6 is 0 Å². The third-order valence-corrected chi connectivity index (χ3v) is 2.41. The molecule has 0 saturated heterocycles. The Hall–Kier alpha value is -1.06. The topological polar surface area (TPSA) is 38.7 Å². The Bertz CT molecular complexity index is 345. The quantitative estimate of drug-likeness (QED) is 0.774. The highest BCUT2D eigenvalue weighted by atomic mass is 16.5. The van der Waals surface area contributed by atoms with Crippen molar-refractivity contribution >= 4 is 0 Å². The Balaban J connectivity index is 2.59. The number of ether oxygens (including phenoxy) is 2. The van der Waals surface area contributed by atoms with Gasteiger partial charge in [0.25, 0.3) is 0 Å². The minimum absolute atomic E-state index is 0.215. The molecule has 0 aliphatic rings. The van der Waals surface area contributed by atoms with Gasteiger partial charge >= 0.3 is 0 Å². The van der Waals surface area contributed by atoms with Crippen LogP contribution in [0.4, 0.5) is 0 Å².